The number of nitrogens with zero attached hydrogens (tertiary/aromatic N) is 3. The number of hydrogen-bond donors (Lipinski definition) is 0. The van der Waals surface area contributed by atoms with Crippen molar-refractivity contribution < 1.29 is 9.53 Å². The highest BCUT2D eigenvalue weighted by Gasteiger charge is 2.10. The van der Waals surface area contributed by atoms with E-state index < -0.39 is 5.97 Å². The van der Waals surface area contributed by atoms with E-state index in [2.05, 4.69) is 15.0 Å². The van der Waals surface area contributed by atoms with Crippen LogP contribution in [-0.4, -0.2) is 20.9 Å². The van der Waals surface area contributed by atoms with E-state index in [1.54, 1.807) is 0 Å². The molecule has 0 atom stereocenters. The van der Waals surface area contributed by atoms with Gasteiger partial charge in [-0.05, 0) is 0 Å². The second-order valence-electron chi connectivity index (χ2n) is 4.18. The summed E-state index contributed by atoms with van der Waals surface area (Å²) in [7, 11) is 0. The number of hydrogen-bond acceptors (Lipinski definition) is 6. The van der Waals surface area contributed by atoms with E-state index in [1.165, 1.54) is 29.9 Å². The molecule has 0 N–H and O–H groups in total. The maximum absolute atomic E-state index is 11.7. The van der Waals surface area contributed by atoms with Crippen molar-refractivity contribution in [1.29, 1.82) is 0 Å². The minimum Gasteiger partial charge on any atom is -0.454 e. The molecule has 0 saturated carbocycles. The maximum Gasteiger partial charge on any atom is 0.358 e. The Bertz CT molecular complexity index is 729. The molecule has 0 fully saturated rings. The first-order valence-electron chi connectivity index (χ1n) is 6.26. The fourth-order valence-electron chi connectivity index (χ4n) is 1.70. The minimum atomic E-state index is -0.502. The third-order valence-electron chi connectivity index (χ3n) is 2.70. The lowest BCUT2D eigenvalue weighted by Gasteiger charge is -2.01. The van der Waals surface area contributed by atoms with Crippen LogP contribution in [0.5, 0.6) is 0 Å². The summed E-state index contributed by atoms with van der Waals surface area (Å²) in [5.41, 5.74) is 1.96. The van der Waals surface area contributed by atoms with Gasteiger partial charge in [-0.25, -0.2) is 14.8 Å². The zero-order chi connectivity index (χ0) is 14.5. The van der Waals surface area contributed by atoms with Gasteiger partial charge in [-0.1, -0.05) is 30.3 Å². The average molecular weight is 297 g/mol. The molecule has 0 saturated heterocycles. The van der Waals surface area contributed by atoms with Gasteiger partial charge >= 0.3 is 5.97 Å². The first-order valence-corrected chi connectivity index (χ1v) is 7.14. The molecule has 3 aromatic rings. The molecule has 0 unspecified atom stereocenters. The summed E-state index contributed by atoms with van der Waals surface area (Å²) in [5.74, 6) is -0.502. The molecule has 0 radical (unpaired) electrons. The van der Waals surface area contributed by atoms with Crippen LogP contribution in [0.3, 0.4) is 0 Å². The highest BCUT2D eigenvalue weighted by atomic mass is 32.1. The second-order valence-corrected chi connectivity index (χ2v) is 5.03. The Morgan fingerprint density at radius 3 is 2.81 bits per heavy atom. The molecular weight excluding hydrogens is 286 g/mol. The van der Waals surface area contributed by atoms with Crippen molar-refractivity contribution in [3.05, 3.63) is 65.7 Å². The molecule has 0 spiro atoms. The number of aromatic nitrogens is 3. The molecule has 6 heteroatoms. The van der Waals surface area contributed by atoms with Crippen molar-refractivity contribution in [2.45, 2.75) is 6.61 Å². The molecule has 0 amide bonds. The van der Waals surface area contributed by atoms with Gasteiger partial charge in [0.15, 0.2) is 5.69 Å². The largest absolute Gasteiger partial charge is 0.454 e. The topological polar surface area (TPSA) is 65.0 Å². The van der Waals surface area contributed by atoms with Gasteiger partial charge in [0, 0.05) is 23.3 Å². The van der Waals surface area contributed by atoms with Gasteiger partial charge in [0.1, 0.15) is 11.6 Å². The molecule has 21 heavy (non-hydrogen) atoms. The van der Waals surface area contributed by atoms with Gasteiger partial charge in [0.2, 0.25) is 0 Å². The summed E-state index contributed by atoms with van der Waals surface area (Å²) in [5, 5.41) is 2.79. The SMILES string of the molecule is O=C(OCc1csc(-c2ccccc2)n1)c1cnccn1. The van der Waals surface area contributed by atoms with E-state index in [0.717, 1.165) is 16.3 Å². The molecule has 2 aromatic heterocycles. The Balaban J connectivity index is 1.64. The van der Waals surface area contributed by atoms with Crippen molar-refractivity contribution in [2.24, 2.45) is 0 Å². The highest BCUT2D eigenvalue weighted by Crippen LogP contribution is 2.23. The van der Waals surface area contributed by atoms with Gasteiger partial charge in [0.25, 0.3) is 0 Å². The Kier molecular flexibility index (Phi) is 3.97. The monoisotopic (exact) mass is 297 g/mol. The number of ether oxygens (including phenoxy) is 1. The van der Waals surface area contributed by atoms with E-state index in [4.69, 9.17) is 4.74 Å². The Hall–Kier alpha value is -2.60. The van der Waals surface area contributed by atoms with Crippen LogP contribution in [0.4, 0.5) is 0 Å². The zero-order valence-corrected chi connectivity index (χ0v) is 11.8. The molecule has 0 bridgehead atoms. The third-order valence-corrected chi connectivity index (χ3v) is 3.64. The molecule has 104 valence electrons. The first-order chi connectivity index (χ1) is 10.3. The summed E-state index contributed by atoms with van der Waals surface area (Å²) < 4.78 is 5.17. The van der Waals surface area contributed by atoms with Crippen LogP contribution >= 0.6 is 11.3 Å². The molecule has 5 nitrogen and oxygen atoms in total. The smallest absolute Gasteiger partial charge is 0.358 e. The van der Waals surface area contributed by atoms with E-state index in [0.29, 0.717) is 0 Å². The molecular formula is C15H11N3O2S. The second kappa shape index (κ2) is 6.23. The average Bonchev–Trinajstić information content (AvgIpc) is 3.03. The summed E-state index contributed by atoms with van der Waals surface area (Å²) in [6.45, 7) is 0.124. The number of benzene rings is 1. The van der Waals surface area contributed by atoms with Crippen LogP contribution < -0.4 is 0 Å². The van der Waals surface area contributed by atoms with Gasteiger partial charge in [-0.3, -0.25) is 4.98 Å². The van der Waals surface area contributed by atoms with Crippen molar-refractivity contribution in [3.63, 3.8) is 0 Å². The van der Waals surface area contributed by atoms with E-state index in [9.17, 15) is 4.79 Å². The van der Waals surface area contributed by atoms with Crippen LogP contribution in [-0.2, 0) is 11.3 Å². The normalized spacial score (nSPS) is 10.3. The Labute approximate surface area is 125 Å². The van der Waals surface area contributed by atoms with Crippen molar-refractivity contribution in [3.8, 4) is 10.6 Å². The zero-order valence-electron chi connectivity index (χ0n) is 11.0. The van der Waals surface area contributed by atoms with Gasteiger partial charge in [-0.15, -0.1) is 11.3 Å². The van der Waals surface area contributed by atoms with Crippen LogP contribution in [0.1, 0.15) is 16.2 Å². The van der Waals surface area contributed by atoms with Crippen LogP contribution in [0.15, 0.2) is 54.3 Å². The van der Waals surface area contributed by atoms with Gasteiger partial charge < -0.3 is 4.74 Å². The van der Waals surface area contributed by atoms with Gasteiger partial charge in [-0.2, -0.15) is 0 Å². The quantitative estimate of drug-likeness (QED) is 0.693. The number of esters is 1. The summed E-state index contributed by atoms with van der Waals surface area (Å²) in [6.07, 6.45) is 4.33. The van der Waals surface area contributed by atoms with E-state index in [-0.39, 0.29) is 12.3 Å². The summed E-state index contributed by atoms with van der Waals surface area (Å²) >= 11 is 1.52. The lowest BCUT2D eigenvalue weighted by atomic mass is 10.2. The molecule has 0 aliphatic rings. The fraction of sp³-hybridized carbons (Fsp3) is 0.0667. The highest BCUT2D eigenvalue weighted by molar-refractivity contribution is 7.13. The van der Waals surface area contributed by atoms with E-state index in [1.807, 2.05) is 35.7 Å². The van der Waals surface area contributed by atoms with Crippen molar-refractivity contribution >= 4 is 17.3 Å². The molecule has 3 rings (SSSR count). The third kappa shape index (κ3) is 3.29. The Morgan fingerprint density at radius 1 is 1.19 bits per heavy atom. The van der Waals surface area contributed by atoms with Crippen molar-refractivity contribution in [2.75, 3.05) is 0 Å². The number of rotatable bonds is 4. The molecule has 1 aromatic carbocycles. The molecule has 0 aliphatic heterocycles. The summed E-state index contributed by atoms with van der Waals surface area (Å²) in [4.78, 5) is 23.9. The lowest BCUT2D eigenvalue weighted by Crippen LogP contribution is -2.07. The number of carbonyl (C=O) groups is 1. The predicted octanol–water partition coefficient (Wildman–Crippen LogP) is 2.96. The minimum absolute atomic E-state index is 0.124. The maximum atomic E-state index is 11.7. The first kappa shape index (κ1) is 13.4. The van der Waals surface area contributed by atoms with Crippen LogP contribution in [0.2, 0.25) is 0 Å². The lowest BCUT2D eigenvalue weighted by molar-refractivity contribution is 0.0461. The Morgan fingerprint density at radius 2 is 2.05 bits per heavy atom. The number of carbonyl (C=O) groups excluding carboxylic acids is 1. The van der Waals surface area contributed by atoms with Gasteiger partial charge in [0.05, 0.1) is 11.9 Å². The molecule has 2 heterocycles. The standard InChI is InChI=1S/C15H11N3O2S/c19-15(13-8-16-6-7-17-13)20-9-12-10-21-14(18-12)11-4-2-1-3-5-11/h1-8,10H,9H2. The predicted molar refractivity (Wildman–Crippen MR) is 78.7 cm³/mol. The molecule has 0 aliphatic carbocycles. The number of thiazole rings is 1. The van der Waals surface area contributed by atoms with Crippen LogP contribution in [0.25, 0.3) is 10.6 Å². The summed E-state index contributed by atoms with van der Waals surface area (Å²) in [6, 6.07) is 9.87. The van der Waals surface area contributed by atoms with E-state index >= 15 is 0 Å². The van der Waals surface area contributed by atoms with Crippen molar-refractivity contribution in [1.82, 2.24) is 15.0 Å². The van der Waals surface area contributed by atoms with Crippen LogP contribution in [0, 0.1) is 0 Å². The fourth-order valence-corrected chi connectivity index (χ4v) is 2.52.